The number of aromatic nitrogens is 2. The number of alkyl halides is 3. The topological polar surface area (TPSA) is 136 Å². The van der Waals surface area contributed by atoms with Gasteiger partial charge in [0.25, 0.3) is 0 Å². The monoisotopic (exact) mass is 486 g/mol. The van der Waals surface area contributed by atoms with Crippen molar-refractivity contribution in [3.8, 4) is 11.9 Å². The summed E-state index contributed by atoms with van der Waals surface area (Å²) < 4.78 is 64.3. The number of carbonyl (C=O) groups is 1. The largest absolute Gasteiger partial charge is 0.424 e. The van der Waals surface area contributed by atoms with E-state index in [1.807, 2.05) is 6.07 Å². The first-order valence-electron chi connectivity index (χ1n) is 9.06. The van der Waals surface area contributed by atoms with Crippen molar-refractivity contribution in [2.75, 3.05) is 11.9 Å². The molecule has 0 unspecified atom stereocenters. The van der Waals surface area contributed by atoms with Gasteiger partial charge in [0.15, 0.2) is 0 Å². The van der Waals surface area contributed by atoms with E-state index in [-0.39, 0.29) is 27.8 Å². The molecule has 0 radical (unpaired) electrons. The third kappa shape index (κ3) is 4.67. The van der Waals surface area contributed by atoms with Crippen LogP contribution in [0.2, 0.25) is 5.02 Å². The lowest BCUT2D eigenvalue weighted by molar-refractivity contribution is -0.249. The zero-order valence-electron chi connectivity index (χ0n) is 17.0. The molecule has 2 aromatic heterocycles. The number of nitrogens with two attached hydrogens (primary N) is 1. The molecule has 0 aliphatic carbocycles. The lowest BCUT2D eigenvalue weighted by atomic mass is 9.90. The molecule has 3 heterocycles. The molecular weight excluding hydrogens is 472 g/mol. The van der Waals surface area contributed by atoms with Crippen LogP contribution in [0.4, 0.5) is 28.2 Å². The van der Waals surface area contributed by atoms with Crippen molar-refractivity contribution in [2.45, 2.75) is 31.2 Å². The van der Waals surface area contributed by atoms with Crippen LogP contribution in [0, 0.1) is 17.1 Å². The van der Waals surface area contributed by atoms with E-state index in [1.165, 1.54) is 13.0 Å². The summed E-state index contributed by atoms with van der Waals surface area (Å²) in [5.41, 5.74) is 0.989. The second-order valence-electron chi connectivity index (χ2n) is 7.28. The number of rotatable bonds is 3. The van der Waals surface area contributed by atoms with E-state index in [9.17, 15) is 22.4 Å². The molecule has 0 aromatic carbocycles. The lowest BCUT2D eigenvalue weighted by Crippen LogP contribution is -2.60. The fourth-order valence-corrected chi connectivity index (χ4v) is 3.03. The lowest BCUT2D eigenvalue weighted by Gasteiger charge is -2.40. The molecule has 0 saturated carbocycles. The number of carbonyl (C=O) groups excluding carboxylic acids is 1. The summed E-state index contributed by atoms with van der Waals surface area (Å²) >= 11 is 5.89. The number of amidine groups is 1. The smallest absolute Gasteiger partial charge is 0.389 e. The third-order valence-electron chi connectivity index (χ3n) is 4.83. The maximum Gasteiger partial charge on any atom is 0.424 e. The van der Waals surface area contributed by atoms with Crippen molar-refractivity contribution in [2.24, 2.45) is 10.7 Å². The molecule has 9 nitrogen and oxygen atoms in total. The van der Waals surface area contributed by atoms with Crippen LogP contribution < -0.4 is 15.8 Å². The Bertz CT molecular complexity index is 1190. The highest BCUT2D eigenvalue weighted by atomic mass is 35.5. The predicted molar refractivity (Wildman–Crippen MR) is 107 cm³/mol. The minimum Gasteiger partial charge on any atom is -0.389 e. The van der Waals surface area contributed by atoms with Gasteiger partial charge in [-0.1, -0.05) is 11.6 Å². The average Bonchev–Trinajstić information content (AvgIpc) is 2.73. The second kappa shape index (κ2) is 8.45. The molecule has 14 heteroatoms. The standard InChI is InChI=1S/C19H15ClF4N6O3/c1-17(8-32-18(2,15(26)30-17)19(22,23)24)10-4-13(27-7-12(10)21)29-16(31)33-14-11(20)3-9(5-25)6-28-14/h3-4,6-7H,8H2,1-2H3,(H2,26,30)(H,27,29,31)/t17-,18+/m0/s1. The Morgan fingerprint density at radius 2 is 2.03 bits per heavy atom. The Morgan fingerprint density at radius 3 is 2.61 bits per heavy atom. The van der Waals surface area contributed by atoms with Crippen LogP contribution in [0.15, 0.2) is 29.5 Å². The molecule has 3 N–H and O–H groups in total. The summed E-state index contributed by atoms with van der Waals surface area (Å²) in [6.07, 6.45) is -4.07. The van der Waals surface area contributed by atoms with Crippen LogP contribution >= 0.6 is 11.6 Å². The van der Waals surface area contributed by atoms with E-state index in [0.717, 1.165) is 25.4 Å². The molecule has 174 valence electrons. The SMILES string of the molecule is C[C@@]1(c2cc(NC(=O)Oc3ncc(C#N)cc3Cl)ncc2F)CO[C@@](C)(C(F)(F)F)C(N)=N1. The molecule has 33 heavy (non-hydrogen) atoms. The zero-order chi connectivity index (χ0) is 24.6. The Morgan fingerprint density at radius 1 is 1.33 bits per heavy atom. The van der Waals surface area contributed by atoms with Crippen LogP contribution in [0.5, 0.6) is 5.88 Å². The van der Waals surface area contributed by atoms with Crippen LogP contribution in [-0.4, -0.2) is 40.3 Å². The Hall–Kier alpha value is -3.50. The number of hydrogen-bond donors (Lipinski definition) is 2. The second-order valence-corrected chi connectivity index (χ2v) is 7.68. The first-order valence-corrected chi connectivity index (χ1v) is 9.44. The molecule has 0 bridgehead atoms. The highest BCUT2D eigenvalue weighted by Gasteiger charge is 2.59. The first-order chi connectivity index (χ1) is 15.3. The Kier molecular flexibility index (Phi) is 6.18. The number of amides is 1. The van der Waals surface area contributed by atoms with Gasteiger partial charge in [-0.25, -0.2) is 19.2 Å². The van der Waals surface area contributed by atoms with Crippen LogP contribution in [-0.2, 0) is 10.3 Å². The van der Waals surface area contributed by atoms with Crippen molar-refractivity contribution >= 4 is 29.3 Å². The van der Waals surface area contributed by atoms with Gasteiger partial charge in [-0.3, -0.25) is 10.3 Å². The number of nitriles is 1. The average molecular weight is 487 g/mol. The van der Waals surface area contributed by atoms with E-state index in [2.05, 4.69) is 20.3 Å². The van der Waals surface area contributed by atoms with E-state index in [0.29, 0.717) is 0 Å². The summed E-state index contributed by atoms with van der Waals surface area (Å²) in [6.45, 7) is 1.38. The summed E-state index contributed by atoms with van der Waals surface area (Å²) in [4.78, 5) is 23.5. The fourth-order valence-electron chi connectivity index (χ4n) is 2.83. The number of anilines is 1. The van der Waals surface area contributed by atoms with Gasteiger partial charge in [-0.2, -0.15) is 18.4 Å². The zero-order valence-corrected chi connectivity index (χ0v) is 17.8. The molecule has 0 saturated heterocycles. The van der Waals surface area contributed by atoms with Gasteiger partial charge in [0.2, 0.25) is 11.5 Å². The third-order valence-corrected chi connectivity index (χ3v) is 5.10. The van der Waals surface area contributed by atoms with E-state index in [1.54, 1.807) is 0 Å². The maximum atomic E-state index is 14.5. The number of pyridine rings is 2. The molecule has 0 spiro atoms. The number of hydrogen-bond acceptors (Lipinski definition) is 8. The number of nitrogens with zero attached hydrogens (tertiary/aromatic N) is 4. The quantitative estimate of drug-likeness (QED) is 0.632. The van der Waals surface area contributed by atoms with Gasteiger partial charge in [-0.05, 0) is 26.0 Å². The van der Waals surface area contributed by atoms with Crippen molar-refractivity contribution in [1.82, 2.24) is 9.97 Å². The molecular formula is C19H15ClF4N6O3. The molecule has 2 atom stereocenters. The molecule has 2 aromatic rings. The van der Waals surface area contributed by atoms with Crippen LogP contribution in [0.3, 0.4) is 0 Å². The summed E-state index contributed by atoms with van der Waals surface area (Å²) in [7, 11) is 0. The number of aliphatic imine (C=N–C) groups is 1. The van der Waals surface area contributed by atoms with Gasteiger partial charge in [0, 0.05) is 11.8 Å². The van der Waals surface area contributed by atoms with Crippen LogP contribution in [0.25, 0.3) is 0 Å². The van der Waals surface area contributed by atoms with Gasteiger partial charge >= 0.3 is 12.3 Å². The molecule has 1 aliphatic heterocycles. The minimum absolute atomic E-state index is 0.110. The Labute approximate surface area is 189 Å². The molecule has 1 amide bonds. The van der Waals surface area contributed by atoms with E-state index in [4.69, 9.17) is 32.1 Å². The summed E-state index contributed by atoms with van der Waals surface area (Å²) in [5, 5.41) is 10.9. The van der Waals surface area contributed by atoms with E-state index < -0.39 is 41.7 Å². The van der Waals surface area contributed by atoms with E-state index >= 15 is 0 Å². The van der Waals surface area contributed by atoms with Crippen molar-refractivity contribution in [3.63, 3.8) is 0 Å². The Balaban J connectivity index is 1.84. The van der Waals surface area contributed by atoms with Crippen molar-refractivity contribution in [1.29, 1.82) is 5.26 Å². The number of halogens is 5. The number of nitrogens with one attached hydrogen (secondary N) is 1. The highest BCUT2D eigenvalue weighted by molar-refractivity contribution is 6.32. The fraction of sp³-hybridized carbons (Fsp3) is 0.316. The van der Waals surface area contributed by atoms with Crippen molar-refractivity contribution in [3.05, 3.63) is 46.5 Å². The number of ether oxygens (including phenoxy) is 2. The van der Waals surface area contributed by atoms with Gasteiger partial charge in [0.1, 0.15) is 34.1 Å². The summed E-state index contributed by atoms with van der Waals surface area (Å²) in [5.74, 6) is -2.30. The van der Waals surface area contributed by atoms with Crippen LogP contribution in [0.1, 0.15) is 25.0 Å². The predicted octanol–water partition coefficient (Wildman–Crippen LogP) is 3.68. The maximum absolute atomic E-state index is 14.5. The normalized spacial score (nSPS) is 22.8. The highest BCUT2D eigenvalue weighted by Crippen LogP contribution is 2.41. The van der Waals surface area contributed by atoms with Gasteiger partial charge in [-0.15, -0.1) is 0 Å². The first kappa shape index (κ1) is 24.1. The van der Waals surface area contributed by atoms with Crippen molar-refractivity contribution < 1.29 is 31.8 Å². The minimum atomic E-state index is -4.84. The summed E-state index contributed by atoms with van der Waals surface area (Å²) in [6, 6.07) is 4.09. The van der Waals surface area contributed by atoms with Gasteiger partial charge in [0.05, 0.1) is 18.4 Å². The molecule has 3 rings (SSSR count). The molecule has 0 fully saturated rings. The van der Waals surface area contributed by atoms with Gasteiger partial charge < -0.3 is 15.2 Å². The molecule has 1 aliphatic rings.